The number of amides is 1. The van der Waals surface area contributed by atoms with Gasteiger partial charge >= 0.3 is 0 Å². The van der Waals surface area contributed by atoms with Gasteiger partial charge in [0.2, 0.25) is 5.91 Å². The molecule has 0 heterocycles. The van der Waals surface area contributed by atoms with Gasteiger partial charge in [-0.25, -0.2) is 0 Å². The maximum atomic E-state index is 11.0. The van der Waals surface area contributed by atoms with Gasteiger partial charge in [-0.15, -0.1) is 0 Å². The predicted molar refractivity (Wildman–Crippen MR) is 56.3 cm³/mol. The number of aryl methyl sites for hydroxylation is 1. The van der Waals surface area contributed by atoms with Crippen molar-refractivity contribution in [2.24, 2.45) is 5.73 Å². The van der Waals surface area contributed by atoms with Crippen molar-refractivity contribution < 1.29 is 4.79 Å². The van der Waals surface area contributed by atoms with Gasteiger partial charge in [0, 0.05) is 5.56 Å². The number of carbonyl (C=O) groups excluding carboxylic acids is 1. The molecule has 14 heavy (non-hydrogen) atoms. The molecule has 0 bridgehead atoms. The third kappa shape index (κ3) is 1.31. The smallest absolute Gasteiger partial charge is 0.248 e. The van der Waals surface area contributed by atoms with Gasteiger partial charge in [-0.3, -0.25) is 4.79 Å². The highest BCUT2D eigenvalue weighted by Gasteiger charge is 2.29. The van der Waals surface area contributed by atoms with E-state index in [9.17, 15) is 4.79 Å². The normalized spacial score (nSPS) is 17.9. The van der Waals surface area contributed by atoms with Crippen molar-refractivity contribution in [3.05, 3.63) is 34.9 Å². The number of rotatable bonds is 1. The predicted octanol–water partition coefficient (Wildman–Crippen LogP) is 2.01. The molecule has 0 fully saturated rings. The fourth-order valence-corrected chi connectivity index (χ4v) is 2.20. The first-order chi connectivity index (χ1) is 6.50. The third-order valence-corrected chi connectivity index (χ3v) is 3.14. The van der Waals surface area contributed by atoms with Crippen molar-refractivity contribution in [2.75, 3.05) is 0 Å². The van der Waals surface area contributed by atoms with Crippen LogP contribution in [0.15, 0.2) is 18.2 Å². The molecule has 2 rings (SSSR count). The molecule has 0 atom stereocenters. The third-order valence-electron chi connectivity index (χ3n) is 3.14. The van der Waals surface area contributed by atoms with Crippen LogP contribution in [0.1, 0.15) is 41.8 Å². The Morgan fingerprint density at radius 2 is 2.14 bits per heavy atom. The highest BCUT2D eigenvalue weighted by Crippen LogP contribution is 2.38. The van der Waals surface area contributed by atoms with Crippen molar-refractivity contribution in [1.29, 1.82) is 0 Å². The number of benzene rings is 1. The fourth-order valence-electron chi connectivity index (χ4n) is 2.20. The topological polar surface area (TPSA) is 43.1 Å². The molecule has 74 valence electrons. The quantitative estimate of drug-likeness (QED) is 0.721. The molecule has 0 radical (unpaired) electrons. The molecule has 0 saturated heterocycles. The van der Waals surface area contributed by atoms with E-state index >= 15 is 0 Å². The van der Waals surface area contributed by atoms with E-state index in [0.717, 1.165) is 12.8 Å². The molecule has 0 unspecified atom stereocenters. The molecule has 2 N–H and O–H groups in total. The minimum absolute atomic E-state index is 0.255. The molecule has 0 aromatic heterocycles. The highest BCUT2D eigenvalue weighted by atomic mass is 16.1. The number of carbonyl (C=O) groups is 1. The number of fused-ring (bicyclic) bond motifs is 1. The van der Waals surface area contributed by atoms with E-state index in [2.05, 4.69) is 13.8 Å². The van der Waals surface area contributed by atoms with Gasteiger partial charge in [-0.2, -0.15) is 0 Å². The molecule has 2 nitrogen and oxygen atoms in total. The highest BCUT2D eigenvalue weighted by molar-refractivity contribution is 5.93. The summed E-state index contributed by atoms with van der Waals surface area (Å²) in [6.07, 6.45) is 2.22. The summed E-state index contributed by atoms with van der Waals surface area (Å²) in [5.74, 6) is -0.336. The average molecular weight is 189 g/mol. The molecular formula is C12H15NO. The van der Waals surface area contributed by atoms with Crippen LogP contribution in [0, 0.1) is 0 Å². The second kappa shape index (κ2) is 2.84. The minimum Gasteiger partial charge on any atom is -0.366 e. The summed E-state index contributed by atoms with van der Waals surface area (Å²) in [5, 5.41) is 0. The van der Waals surface area contributed by atoms with Crippen molar-refractivity contribution in [3.63, 3.8) is 0 Å². The average Bonchev–Trinajstić information content (AvgIpc) is 2.42. The summed E-state index contributed by atoms with van der Waals surface area (Å²) < 4.78 is 0. The van der Waals surface area contributed by atoms with E-state index in [1.54, 1.807) is 0 Å². The summed E-state index contributed by atoms with van der Waals surface area (Å²) >= 11 is 0. The number of hydrogen-bond donors (Lipinski definition) is 1. The Morgan fingerprint density at radius 1 is 1.43 bits per heavy atom. The second-order valence-corrected chi connectivity index (χ2v) is 4.62. The molecule has 1 aliphatic rings. The van der Waals surface area contributed by atoms with Crippen LogP contribution in [0.2, 0.25) is 0 Å². The molecule has 0 aliphatic heterocycles. The largest absolute Gasteiger partial charge is 0.366 e. The lowest BCUT2D eigenvalue weighted by Gasteiger charge is -2.18. The van der Waals surface area contributed by atoms with Crippen LogP contribution in [-0.2, 0) is 11.8 Å². The maximum Gasteiger partial charge on any atom is 0.248 e. The van der Waals surface area contributed by atoms with E-state index in [-0.39, 0.29) is 11.3 Å². The monoisotopic (exact) mass is 189 g/mol. The lowest BCUT2D eigenvalue weighted by Crippen LogP contribution is -2.14. The van der Waals surface area contributed by atoms with Gasteiger partial charge < -0.3 is 5.73 Å². The van der Waals surface area contributed by atoms with Crippen LogP contribution >= 0.6 is 0 Å². The zero-order valence-electron chi connectivity index (χ0n) is 8.63. The molecule has 1 aromatic carbocycles. The molecule has 0 spiro atoms. The van der Waals surface area contributed by atoms with Crippen LogP contribution < -0.4 is 5.73 Å². The molecule has 1 aromatic rings. The maximum absolute atomic E-state index is 11.0. The summed E-state index contributed by atoms with van der Waals surface area (Å²) in [5.41, 5.74) is 8.77. The molecular weight excluding hydrogens is 174 g/mol. The second-order valence-electron chi connectivity index (χ2n) is 4.62. The summed E-state index contributed by atoms with van der Waals surface area (Å²) in [6, 6.07) is 5.81. The molecule has 1 aliphatic carbocycles. The molecule has 0 saturated carbocycles. The number of hydrogen-bond acceptors (Lipinski definition) is 1. The van der Waals surface area contributed by atoms with Crippen molar-refractivity contribution in [1.82, 2.24) is 0 Å². The van der Waals surface area contributed by atoms with Gasteiger partial charge in [0.1, 0.15) is 0 Å². The Morgan fingerprint density at radius 3 is 2.79 bits per heavy atom. The van der Waals surface area contributed by atoms with Crippen LogP contribution in [0.5, 0.6) is 0 Å². The Kier molecular flexibility index (Phi) is 1.88. The first-order valence-corrected chi connectivity index (χ1v) is 4.94. The SMILES string of the molecule is CC1(C)CCc2cc(C(N)=O)ccc21. The van der Waals surface area contributed by atoms with E-state index in [4.69, 9.17) is 5.73 Å². The molecule has 1 amide bonds. The Labute approximate surface area is 84.1 Å². The van der Waals surface area contributed by atoms with Gasteiger partial charge in [-0.05, 0) is 41.5 Å². The van der Waals surface area contributed by atoms with Crippen LogP contribution in [-0.4, -0.2) is 5.91 Å². The summed E-state index contributed by atoms with van der Waals surface area (Å²) in [4.78, 5) is 11.0. The standard InChI is InChI=1S/C12H15NO/c1-12(2)6-5-8-7-9(11(13)14)3-4-10(8)12/h3-4,7H,5-6H2,1-2H3,(H2,13,14). The van der Waals surface area contributed by atoms with Gasteiger partial charge in [0.25, 0.3) is 0 Å². The zero-order chi connectivity index (χ0) is 10.3. The first-order valence-electron chi connectivity index (χ1n) is 4.94. The molecule has 2 heteroatoms. The van der Waals surface area contributed by atoms with E-state index in [1.165, 1.54) is 11.1 Å². The van der Waals surface area contributed by atoms with Crippen LogP contribution in [0.3, 0.4) is 0 Å². The Hall–Kier alpha value is -1.31. The Bertz CT molecular complexity index is 393. The first kappa shape index (κ1) is 9.25. The van der Waals surface area contributed by atoms with Crippen molar-refractivity contribution >= 4 is 5.91 Å². The number of nitrogens with two attached hydrogens (primary N) is 1. The number of primary amides is 1. The van der Waals surface area contributed by atoms with Gasteiger partial charge in [-0.1, -0.05) is 19.9 Å². The van der Waals surface area contributed by atoms with Gasteiger partial charge in [0.05, 0.1) is 0 Å². The van der Waals surface area contributed by atoms with Crippen molar-refractivity contribution in [2.45, 2.75) is 32.1 Å². The summed E-state index contributed by atoms with van der Waals surface area (Å²) in [7, 11) is 0. The zero-order valence-corrected chi connectivity index (χ0v) is 8.63. The summed E-state index contributed by atoms with van der Waals surface area (Å²) in [6.45, 7) is 4.48. The Balaban J connectivity index is 2.49. The van der Waals surface area contributed by atoms with Gasteiger partial charge in [0.15, 0.2) is 0 Å². The lowest BCUT2D eigenvalue weighted by atomic mass is 9.86. The van der Waals surface area contributed by atoms with Crippen LogP contribution in [0.25, 0.3) is 0 Å². The van der Waals surface area contributed by atoms with Crippen molar-refractivity contribution in [3.8, 4) is 0 Å². The van der Waals surface area contributed by atoms with Crippen LogP contribution in [0.4, 0.5) is 0 Å². The lowest BCUT2D eigenvalue weighted by molar-refractivity contribution is 0.1000. The van der Waals surface area contributed by atoms with E-state index < -0.39 is 0 Å². The van der Waals surface area contributed by atoms with E-state index in [1.807, 2.05) is 18.2 Å². The minimum atomic E-state index is -0.336. The fraction of sp³-hybridized carbons (Fsp3) is 0.417. The van der Waals surface area contributed by atoms with E-state index in [0.29, 0.717) is 5.56 Å².